The summed E-state index contributed by atoms with van der Waals surface area (Å²) in [5.41, 5.74) is 1.25. The summed E-state index contributed by atoms with van der Waals surface area (Å²) in [6, 6.07) is 16.0. The molecule has 220 valence electrons. The first-order chi connectivity index (χ1) is 19.7. The SMILES string of the molecule is CC(C)(C)OC(=O)NCC(=O)NCc1cccc(Nc2ncc(C#N)c(Nc3cccc(C(=O)OC(C)(C)C)c3)n2)c1. The van der Waals surface area contributed by atoms with Gasteiger partial charge in [0.25, 0.3) is 0 Å². The number of amides is 2. The number of ether oxygens (including phenoxy) is 2. The summed E-state index contributed by atoms with van der Waals surface area (Å²) in [5, 5.41) is 20.9. The van der Waals surface area contributed by atoms with Gasteiger partial charge in [-0.25, -0.2) is 14.6 Å². The lowest BCUT2D eigenvalue weighted by molar-refractivity contribution is -0.120. The first-order valence-electron chi connectivity index (χ1n) is 13.2. The highest BCUT2D eigenvalue weighted by molar-refractivity contribution is 5.91. The van der Waals surface area contributed by atoms with E-state index in [1.807, 2.05) is 6.07 Å². The maximum Gasteiger partial charge on any atom is 0.408 e. The number of carbonyl (C=O) groups excluding carboxylic acids is 3. The molecule has 0 saturated carbocycles. The van der Waals surface area contributed by atoms with Gasteiger partial charge in [0, 0.05) is 17.9 Å². The fourth-order valence-corrected chi connectivity index (χ4v) is 3.43. The number of nitriles is 1. The van der Waals surface area contributed by atoms with Crippen LogP contribution in [0, 0.1) is 11.3 Å². The van der Waals surface area contributed by atoms with Crippen molar-refractivity contribution in [3.05, 3.63) is 71.4 Å². The number of rotatable bonds is 9. The van der Waals surface area contributed by atoms with Crippen LogP contribution >= 0.6 is 0 Å². The number of hydrogen-bond donors (Lipinski definition) is 4. The van der Waals surface area contributed by atoms with Crippen LogP contribution in [0.4, 0.5) is 27.9 Å². The van der Waals surface area contributed by atoms with Crippen molar-refractivity contribution < 1.29 is 23.9 Å². The van der Waals surface area contributed by atoms with Gasteiger partial charge in [-0.15, -0.1) is 0 Å². The number of nitrogens with zero attached hydrogens (tertiary/aromatic N) is 3. The third-order valence-corrected chi connectivity index (χ3v) is 5.13. The zero-order chi connectivity index (χ0) is 30.9. The van der Waals surface area contributed by atoms with Crippen LogP contribution in [0.25, 0.3) is 0 Å². The summed E-state index contributed by atoms with van der Waals surface area (Å²) in [5.74, 6) is -0.368. The molecule has 0 unspecified atom stereocenters. The van der Waals surface area contributed by atoms with Gasteiger partial charge in [-0.2, -0.15) is 10.2 Å². The minimum atomic E-state index is -0.670. The smallest absolute Gasteiger partial charge is 0.408 e. The Kier molecular flexibility index (Phi) is 10.0. The summed E-state index contributed by atoms with van der Waals surface area (Å²) in [7, 11) is 0. The molecule has 42 heavy (non-hydrogen) atoms. The van der Waals surface area contributed by atoms with Gasteiger partial charge in [0.2, 0.25) is 11.9 Å². The molecule has 0 aliphatic heterocycles. The van der Waals surface area contributed by atoms with Crippen LogP contribution in [0.3, 0.4) is 0 Å². The van der Waals surface area contributed by atoms with Gasteiger partial charge in [0.1, 0.15) is 29.4 Å². The zero-order valence-electron chi connectivity index (χ0n) is 24.5. The Hall–Kier alpha value is -5.18. The van der Waals surface area contributed by atoms with E-state index in [0.29, 0.717) is 16.9 Å². The van der Waals surface area contributed by atoms with E-state index in [1.54, 1.807) is 84.0 Å². The number of nitrogens with one attached hydrogen (secondary N) is 4. The molecule has 0 aliphatic rings. The lowest BCUT2D eigenvalue weighted by atomic mass is 10.1. The van der Waals surface area contributed by atoms with E-state index < -0.39 is 23.3 Å². The van der Waals surface area contributed by atoms with E-state index in [1.165, 1.54) is 6.20 Å². The summed E-state index contributed by atoms with van der Waals surface area (Å²) in [6.45, 7) is 10.6. The number of aromatic nitrogens is 2. The van der Waals surface area contributed by atoms with E-state index in [9.17, 15) is 19.6 Å². The number of esters is 1. The molecule has 3 rings (SSSR count). The van der Waals surface area contributed by atoms with Crippen molar-refractivity contribution in [2.45, 2.75) is 59.3 Å². The highest BCUT2D eigenvalue weighted by atomic mass is 16.6. The average molecular weight is 574 g/mol. The topological polar surface area (TPSA) is 167 Å². The standard InChI is InChI=1S/C30H35N7O5/c1-29(2,3)41-26(39)20-10-8-12-23(14-20)35-25-21(15-31)17-33-27(37-25)36-22-11-7-9-19(13-22)16-32-24(38)18-34-28(40)42-30(4,5)6/h7-14,17H,16,18H2,1-6H3,(H,32,38)(H,34,40)(H2,33,35,36,37). The van der Waals surface area contributed by atoms with Crippen LogP contribution in [-0.2, 0) is 20.8 Å². The Balaban J connectivity index is 1.64. The molecule has 0 fully saturated rings. The van der Waals surface area contributed by atoms with Gasteiger partial charge in [0.05, 0.1) is 11.8 Å². The molecule has 12 nitrogen and oxygen atoms in total. The summed E-state index contributed by atoms with van der Waals surface area (Å²) in [6.07, 6.45) is 0.716. The maximum atomic E-state index is 12.5. The van der Waals surface area contributed by atoms with Crippen LogP contribution in [0.15, 0.2) is 54.7 Å². The summed E-state index contributed by atoms with van der Waals surface area (Å²) >= 11 is 0. The highest BCUT2D eigenvalue weighted by Crippen LogP contribution is 2.23. The number of anilines is 4. The van der Waals surface area contributed by atoms with Crippen molar-refractivity contribution in [1.82, 2.24) is 20.6 Å². The van der Waals surface area contributed by atoms with Crippen molar-refractivity contribution in [3.63, 3.8) is 0 Å². The van der Waals surface area contributed by atoms with E-state index in [-0.39, 0.29) is 36.3 Å². The van der Waals surface area contributed by atoms with E-state index in [2.05, 4.69) is 37.3 Å². The Morgan fingerprint density at radius 3 is 2.21 bits per heavy atom. The second-order valence-corrected chi connectivity index (χ2v) is 11.2. The number of benzene rings is 2. The average Bonchev–Trinajstić information content (AvgIpc) is 2.89. The van der Waals surface area contributed by atoms with Gasteiger partial charge in [-0.3, -0.25) is 4.79 Å². The number of carbonyl (C=O) groups is 3. The fraction of sp³-hybridized carbons (Fsp3) is 0.333. The molecule has 0 spiro atoms. The van der Waals surface area contributed by atoms with E-state index in [0.717, 1.165) is 5.56 Å². The number of alkyl carbamates (subject to hydrolysis) is 1. The lowest BCUT2D eigenvalue weighted by Gasteiger charge is -2.19. The minimum absolute atomic E-state index is 0.208. The molecule has 4 N–H and O–H groups in total. The van der Waals surface area contributed by atoms with Gasteiger partial charge >= 0.3 is 12.1 Å². The molecule has 0 radical (unpaired) electrons. The summed E-state index contributed by atoms with van der Waals surface area (Å²) < 4.78 is 10.6. The zero-order valence-corrected chi connectivity index (χ0v) is 24.5. The first-order valence-corrected chi connectivity index (χ1v) is 13.2. The Morgan fingerprint density at radius 2 is 1.55 bits per heavy atom. The lowest BCUT2D eigenvalue weighted by Crippen LogP contribution is -2.39. The second kappa shape index (κ2) is 13.5. The number of hydrogen-bond acceptors (Lipinski definition) is 10. The molecule has 0 saturated heterocycles. The maximum absolute atomic E-state index is 12.5. The predicted octanol–water partition coefficient (Wildman–Crippen LogP) is 4.93. The largest absolute Gasteiger partial charge is 0.456 e. The summed E-state index contributed by atoms with van der Waals surface area (Å²) in [4.78, 5) is 45.0. The van der Waals surface area contributed by atoms with Crippen molar-refractivity contribution in [3.8, 4) is 6.07 Å². The highest BCUT2D eigenvalue weighted by Gasteiger charge is 2.19. The molecule has 0 bridgehead atoms. The Labute approximate surface area is 244 Å². The molecule has 12 heteroatoms. The molecule has 0 atom stereocenters. The van der Waals surface area contributed by atoms with Gasteiger partial charge in [-0.05, 0) is 77.4 Å². The fourth-order valence-electron chi connectivity index (χ4n) is 3.43. The normalized spacial score (nSPS) is 11.1. The van der Waals surface area contributed by atoms with Gasteiger partial charge in [0.15, 0.2) is 5.82 Å². The third kappa shape index (κ3) is 10.4. The van der Waals surface area contributed by atoms with Crippen molar-refractivity contribution in [1.29, 1.82) is 5.26 Å². The van der Waals surface area contributed by atoms with Crippen LogP contribution < -0.4 is 21.3 Å². The Morgan fingerprint density at radius 1 is 0.881 bits per heavy atom. The van der Waals surface area contributed by atoms with Gasteiger partial charge < -0.3 is 30.7 Å². The molecule has 1 heterocycles. The molecular formula is C30H35N7O5. The molecule has 2 amide bonds. The molecule has 1 aromatic heterocycles. The third-order valence-electron chi connectivity index (χ3n) is 5.13. The monoisotopic (exact) mass is 573 g/mol. The Bertz CT molecular complexity index is 1490. The van der Waals surface area contributed by atoms with Crippen molar-refractivity contribution in [2.75, 3.05) is 17.2 Å². The van der Waals surface area contributed by atoms with Crippen LogP contribution in [0.2, 0.25) is 0 Å². The quantitative estimate of drug-likeness (QED) is 0.258. The van der Waals surface area contributed by atoms with Crippen LogP contribution in [0.5, 0.6) is 0 Å². The second-order valence-electron chi connectivity index (χ2n) is 11.2. The van der Waals surface area contributed by atoms with Gasteiger partial charge in [-0.1, -0.05) is 18.2 Å². The predicted molar refractivity (Wildman–Crippen MR) is 157 cm³/mol. The molecule has 0 aliphatic carbocycles. The van der Waals surface area contributed by atoms with E-state index in [4.69, 9.17) is 9.47 Å². The minimum Gasteiger partial charge on any atom is -0.456 e. The van der Waals surface area contributed by atoms with Crippen LogP contribution in [-0.4, -0.2) is 45.7 Å². The van der Waals surface area contributed by atoms with Crippen molar-refractivity contribution >= 4 is 41.1 Å². The van der Waals surface area contributed by atoms with Crippen LogP contribution in [0.1, 0.15) is 63.0 Å². The molecule has 3 aromatic rings. The van der Waals surface area contributed by atoms with E-state index >= 15 is 0 Å². The first kappa shape index (κ1) is 31.3. The van der Waals surface area contributed by atoms with Crippen molar-refractivity contribution in [2.24, 2.45) is 0 Å². The molecular weight excluding hydrogens is 538 g/mol. The molecule has 2 aromatic carbocycles.